The zero-order valence-electron chi connectivity index (χ0n) is 7.16. The second kappa shape index (κ2) is 4.32. The van der Waals surface area contributed by atoms with Crippen molar-refractivity contribution in [2.24, 2.45) is 5.92 Å². The Morgan fingerprint density at radius 2 is 2.21 bits per heavy atom. The van der Waals surface area contributed by atoms with E-state index in [-0.39, 0.29) is 0 Å². The first kappa shape index (κ1) is 10.8. The molecule has 1 atom stereocenters. The van der Waals surface area contributed by atoms with Crippen molar-refractivity contribution >= 4 is 6.08 Å². The molecule has 0 radical (unpaired) electrons. The lowest BCUT2D eigenvalue weighted by Gasteiger charge is -2.12. The Morgan fingerprint density at radius 3 is 2.64 bits per heavy atom. The molecule has 14 heavy (non-hydrogen) atoms. The van der Waals surface area contributed by atoms with Crippen molar-refractivity contribution in [1.29, 1.82) is 0 Å². The van der Waals surface area contributed by atoms with Crippen molar-refractivity contribution in [1.82, 2.24) is 0 Å². The van der Waals surface area contributed by atoms with E-state index < -0.39 is 18.7 Å². The molecule has 1 aromatic heterocycles. The molecule has 0 aromatic carbocycles. The molecule has 1 N–H and O–H groups in total. The van der Waals surface area contributed by atoms with Crippen molar-refractivity contribution in [2.45, 2.75) is 6.18 Å². The smallest absolute Gasteiger partial charge is 0.397 e. The van der Waals surface area contributed by atoms with Gasteiger partial charge in [0.15, 0.2) is 0 Å². The second-order valence-corrected chi connectivity index (χ2v) is 2.71. The van der Waals surface area contributed by atoms with Crippen LogP contribution in [0.15, 0.2) is 28.9 Å². The fourth-order valence-corrected chi connectivity index (χ4v) is 0.871. The SMILES string of the molecule is OCC(/C=C/c1ccco1)C(F)(F)F. The summed E-state index contributed by atoms with van der Waals surface area (Å²) in [6.07, 6.45) is -0.994. The lowest BCUT2D eigenvalue weighted by molar-refractivity contribution is -0.169. The number of rotatable bonds is 3. The van der Waals surface area contributed by atoms with Gasteiger partial charge in [0.05, 0.1) is 18.8 Å². The van der Waals surface area contributed by atoms with Crippen molar-refractivity contribution in [3.8, 4) is 0 Å². The highest BCUT2D eigenvalue weighted by atomic mass is 19.4. The monoisotopic (exact) mass is 206 g/mol. The minimum absolute atomic E-state index is 0.327. The second-order valence-electron chi connectivity index (χ2n) is 2.71. The Balaban J connectivity index is 2.66. The Bertz CT molecular complexity index is 288. The standard InChI is InChI=1S/C9H9F3O2/c10-9(11,12)7(6-13)3-4-8-2-1-5-14-8/h1-5,7,13H,6H2/b4-3+. The van der Waals surface area contributed by atoms with Crippen LogP contribution in [0.2, 0.25) is 0 Å². The molecule has 78 valence electrons. The van der Waals surface area contributed by atoms with E-state index in [9.17, 15) is 13.2 Å². The maximum atomic E-state index is 12.1. The molecule has 1 rings (SSSR count). The maximum Gasteiger partial charge on any atom is 0.397 e. The zero-order chi connectivity index (χ0) is 10.6. The number of hydrogen-bond donors (Lipinski definition) is 1. The van der Waals surface area contributed by atoms with Crippen LogP contribution in [0.4, 0.5) is 13.2 Å². The van der Waals surface area contributed by atoms with Gasteiger partial charge in [-0.2, -0.15) is 13.2 Å². The van der Waals surface area contributed by atoms with Gasteiger partial charge in [0.25, 0.3) is 0 Å². The number of aliphatic hydroxyl groups is 1. The summed E-state index contributed by atoms with van der Waals surface area (Å²) in [5, 5.41) is 8.49. The third-order valence-corrected chi connectivity index (χ3v) is 1.65. The van der Waals surface area contributed by atoms with Crippen molar-refractivity contribution in [3.05, 3.63) is 30.2 Å². The van der Waals surface area contributed by atoms with Crippen LogP contribution >= 0.6 is 0 Å². The summed E-state index contributed by atoms with van der Waals surface area (Å²) in [6.45, 7) is -0.958. The molecular weight excluding hydrogens is 197 g/mol. The third kappa shape index (κ3) is 2.92. The molecule has 0 aliphatic carbocycles. The van der Waals surface area contributed by atoms with Gasteiger partial charge in [-0.25, -0.2) is 0 Å². The quantitative estimate of drug-likeness (QED) is 0.824. The summed E-state index contributed by atoms with van der Waals surface area (Å²) < 4.78 is 41.1. The summed E-state index contributed by atoms with van der Waals surface area (Å²) in [6, 6.07) is 3.10. The molecule has 0 aliphatic rings. The molecule has 0 aliphatic heterocycles. The van der Waals surface area contributed by atoms with Crippen molar-refractivity contribution < 1.29 is 22.7 Å². The normalized spacial score (nSPS) is 14.9. The van der Waals surface area contributed by atoms with Gasteiger partial charge in [0, 0.05) is 0 Å². The molecule has 0 bridgehead atoms. The highest BCUT2D eigenvalue weighted by Crippen LogP contribution is 2.27. The van der Waals surface area contributed by atoms with E-state index in [1.807, 2.05) is 0 Å². The van der Waals surface area contributed by atoms with Gasteiger partial charge in [-0.05, 0) is 18.2 Å². The van der Waals surface area contributed by atoms with Gasteiger partial charge in [-0.3, -0.25) is 0 Å². The topological polar surface area (TPSA) is 33.4 Å². The van der Waals surface area contributed by atoms with Gasteiger partial charge in [0.2, 0.25) is 0 Å². The van der Waals surface area contributed by atoms with E-state index in [4.69, 9.17) is 9.52 Å². The predicted octanol–water partition coefficient (Wildman–Crippen LogP) is 2.46. The molecule has 5 heteroatoms. The Labute approximate surface area is 78.7 Å². The van der Waals surface area contributed by atoms with Crippen LogP contribution in [-0.2, 0) is 0 Å². The molecule has 1 unspecified atom stereocenters. The Hall–Kier alpha value is -1.23. The summed E-state index contributed by atoms with van der Waals surface area (Å²) in [7, 11) is 0. The van der Waals surface area contributed by atoms with Crippen molar-refractivity contribution in [3.63, 3.8) is 0 Å². The number of hydrogen-bond acceptors (Lipinski definition) is 2. The zero-order valence-corrected chi connectivity index (χ0v) is 7.16. The number of halogens is 3. The van der Waals surface area contributed by atoms with Crippen LogP contribution in [0, 0.1) is 5.92 Å². The fourth-order valence-electron chi connectivity index (χ4n) is 0.871. The molecule has 1 aromatic rings. The molecule has 0 saturated carbocycles. The molecule has 0 spiro atoms. The maximum absolute atomic E-state index is 12.1. The molecule has 2 nitrogen and oxygen atoms in total. The van der Waals surface area contributed by atoms with Gasteiger partial charge < -0.3 is 9.52 Å². The molecule has 0 amide bonds. The molecule has 1 heterocycles. The lowest BCUT2D eigenvalue weighted by atomic mass is 10.1. The third-order valence-electron chi connectivity index (χ3n) is 1.65. The first-order valence-electron chi connectivity index (χ1n) is 3.93. The largest absolute Gasteiger partial charge is 0.465 e. The van der Waals surface area contributed by atoms with Gasteiger partial charge >= 0.3 is 6.18 Å². The molecular formula is C9H9F3O2. The van der Waals surface area contributed by atoms with E-state index in [0.29, 0.717) is 5.76 Å². The highest BCUT2D eigenvalue weighted by Gasteiger charge is 2.37. The van der Waals surface area contributed by atoms with Gasteiger partial charge in [0.1, 0.15) is 5.76 Å². The summed E-state index contributed by atoms with van der Waals surface area (Å²) >= 11 is 0. The van der Waals surface area contributed by atoms with Crippen LogP contribution in [0.1, 0.15) is 5.76 Å². The minimum atomic E-state index is -4.42. The first-order chi connectivity index (χ1) is 6.54. The van der Waals surface area contributed by atoms with E-state index >= 15 is 0 Å². The van der Waals surface area contributed by atoms with Gasteiger partial charge in [-0.15, -0.1) is 0 Å². The fraction of sp³-hybridized carbons (Fsp3) is 0.333. The molecule has 0 saturated heterocycles. The molecule has 0 fully saturated rings. The number of furan rings is 1. The lowest BCUT2D eigenvalue weighted by Crippen LogP contribution is -2.23. The van der Waals surface area contributed by atoms with Gasteiger partial charge in [-0.1, -0.05) is 6.08 Å². The van der Waals surface area contributed by atoms with Crippen LogP contribution in [0.3, 0.4) is 0 Å². The minimum Gasteiger partial charge on any atom is -0.465 e. The Morgan fingerprint density at radius 1 is 1.50 bits per heavy atom. The van der Waals surface area contributed by atoms with Crippen molar-refractivity contribution in [2.75, 3.05) is 6.61 Å². The summed E-state index contributed by atoms with van der Waals surface area (Å²) in [4.78, 5) is 0. The van der Waals surface area contributed by atoms with Crippen LogP contribution in [0.25, 0.3) is 6.08 Å². The average molecular weight is 206 g/mol. The van der Waals surface area contributed by atoms with E-state index in [1.54, 1.807) is 6.07 Å². The highest BCUT2D eigenvalue weighted by molar-refractivity contribution is 5.42. The number of alkyl halides is 3. The van der Waals surface area contributed by atoms with E-state index in [1.165, 1.54) is 18.4 Å². The van der Waals surface area contributed by atoms with Crippen LogP contribution in [0.5, 0.6) is 0 Å². The van der Waals surface area contributed by atoms with E-state index in [2.05, 4.69) is 0 Å². The predicted molar refractivity (Wildman–Crippen MR) is 44.4 cm³/mol. The van der Waals surface area contributed by atoms with Crippen LogP contribution in [-0.4, -0.2) is 17.9 Å². The summed E-state index contributed by atoms with van der Waals surface area (Å²) in [5.74, 6) is -1.51. The van der Waals surface area contributed by atoms with E-state index in [0.717, 1.165) is 6.08 Å². The number of aliphatic hydroxyl groups excluding tert-OH is 1. The summed E-state index contributed by atoms with van der Waals surface area (Å²) in [5.41, 5.74) is 0. The Kier molecular flexibility index (Phi) is 3.35. The van der Waals surface area contributed by atoms with Crippen LogP contribution < -0.4 is 0 Å². The first-order valence-corrected chi connectivity index (χ1v) is 3.93. The average Bonchev–Trinajstić information content (AvgIpc) is 2.55.